The molecule has 2 atom stereocenters. The fraction of sp³-hybridized carbons (Fsp3) is 0.333. The first kappa shape index (κ1) is 23.3. The number of carbonyl (C=O) groups excluding carboxylic acids is 3. The number of amides is 2. The molecule has 3 heterocycles. The Morgan fingerprint density at radius 1 is 1.47 bits per heavy atom. The maximum atomic E-state index is 12.7. The monoisotopic (exact) mass is 481 g/mol. The molecule has 2 aliphatic heterocycles. The van der Waals surface area contributed by atoms with Crippen molar-refractivity contribution in [3.8, 4) is 0 Å². The van der Waals surface area contributed by atoms with E-state index in [1.807, 2.05) is 0 Å². The van der Waals surface area contributed by atoms with Crippen LogP contribution in [0.1, 0.15) is 12.6 Å². The number of carboxylic acid groups (broad SMARTS) is 1. The summed E-state index contributed by atoms with van der Waals surface area (Å²) in [6, 6.07) is -1.55. The third-order valence-electron chi connectivity index (χ3n) is 4.41. The Balaban J connectivity index is 1.78. The second-order valence-corrected chi connectivity index (χ2v) is 8.29. The van der Waals surface area contributed by atoms with Crippen LogP contribution in [0.2, 0.25) is 0 Å². The van der Waals surface area contributed by atoms with E-state index in [0.717, 1.165) is 34.1 Å². The number of allylic oxidation sites excluding steroid dienone is 1. The highest BCUT2D eigenvalue weighted by Gasteiger charge is 2.54. The van der Waals surface area contributed by atoms with Crippen LogP contribution >= 0.6 is 23.1 Å². The highest BCUT2D eigenvalue weighted by Crippen LogP contribution is 2.39. The second-order valence-electron chi connectivity index (χ2n) is 6.33. The van der Waals surface area contributed by atoms with Gasteiger partial charge in [0.15, 0.2) is 10.8 Å². The number of thiazole rings is 1. The zero-order valence-electron chi connectivity index (χ0n) is 16.9. The van der Waals surface area contributed by atoms with Gasteiger partial charge in [-0.1, -0.05) is 5.16 Å². The van der Waals surface area contributed by atoms with E-state index in [-0.39, 0.29) is 33.7 Å². The highest BCUT2D eigenvalue weighted by molar-refractivity contribution is 8.03. The number of anilines is 1. The predicted octanol–water partition coefficient (Wildman–Crippen LogP) is -0.0663. The van der Waals surface area contributed by atoms with Crippen LogP contribution in [0, 0.1) is 0 Å². The topological polar surface area (TPSA) is 174 Å². The summed E-state index contributed by atoms with van der Waals surface area (Å²) >= 11 is 2.26. The number of esters is 1. The number of nitrogens with two attached hydrogens (primary N) is 1. The minimum atomic E-state index is -1.33. The van der Waals surface area contributed by atoms with E-state index in [4.69, 9.17) is 15.3 Å². The molecular formula is C18H19N5O7S2. The van der Waals surface area contributed by atoms with Crippen molar-refractivity contribution in [2.75, 3.05) is 25.2 Å². The second kappa shape index (κ2) is 9.82. The fourth-order valence-corrected chi connectivity index (χ4v) is 4.81. The number of ether oxygens (including phenoxy) is 1. The molecule has 4 N–H and O–H groups in total. The predicted molar refractivity (Wildman–Crippen MR) is 116 cm³/mol. The zero-order chi connectivity index (χ0) is 23.4. The molecular weight excluding hydrogens is 462 g/mol. The quantitative estimate of drug-likeness (QED) is 0.150. The smallest absolute Gasteiger partial charge is 0.353 e. The summed E-state index contributed by atoms with van der Waals surface area (Å²) in [5.41, 5.74) is 5.36. The number of aromatic nitrogens is 1. The van der Waals surface area contributed by atoms with Crippen molar-refractivity contribution in [1.29, 1.82) is 0 Å². The number of nitrogens with one attached hydrogen (secondary N) is 1. The van der Waals surface area contributed by atoms with Crippen LogP contribution in [-0.4, -0.2) is 76.0 Å². The lowest BCUT2D eigenvalue weighted by atomic mass is 9.94. The largest absolute Gasteiger partial charge is 0.477 e. The lowest BCUT2D eigenvalue weighted by molar-refractivity contribution is -0.153. The van der Waals surface area contributed by atoms with E-state index in [1.54, 1.807) is 6.92 Å². The van der Waals surface area contributed by atoms with E-state index in [0.29, 0.717) is 5.75 Å². The van der Waals surface area contributed by atoms with E-state index >= 15 is 0 Å². The standard InChI is InChI=1S/C18H19N5O7S2/c1-3-30-11(24)5-4-10-14(17(27)28)23-9(7-31-10)13(16(23)26)21-15(25)12(22-29-2)8-6-32-18(19)20-8/h4-6,9,13H,3,7H2,1-2H3,(H2,19,20)(H,21,25)(H,27,28). The molecule has 2 aliphatic rings. The summed E-state index contributed by atoms with van der Waals surface area (Å²) in [5, 5.41) is 17.6. The summed E-state index contributed by atoms with van der Waals surface area (Å²) < 4.78 is 4.79. The van der Waals surface area contributed by atoms with Crippen LogP contribution < -0.4 is 11.1 Å². The Hall–Kier alpha value is -3.39. The molecule has 14 heteroatoms. The van der Waals surface area contributed by atoms with Crippen LogP contribution in [0.5, 0.6) is 0 Å². The first-order chi connectivity index (χ1) is 15.3. The van der Waals surface area contributed by atoms with Crippen LogP contribution in [0.15, 0.2) is 33.3 Å². The number of thioether (sulfide) groups is 1. The molecule has 0 bridgehead atoms. The summed E-state index contributed by atoms with van der Waals surface area (Å²) in [5.74, 6) is -2.97. The van der Waals surface area contributed by atoms with Crippen LogP contribution in [0.4, 0.5) is 5.13 Å². The molecule has 1 aromatic heterocycles. The number of rotatable bonds is 8. The third kappa shape index (κ3) is 4.60. The number of hydrogen-bond acceptors (Lipinski definition) is 11. The summed E-state index contributed by atoms with van der Waals surface area (Å²) in [6.45, 7) is 1.82. The van der Waals surface area contributed by atoms with E-state index in [9.17, 15) is 24.3 Å². The van der Waals surface area contributed by atoms with Crippen molar-refractivity contribution in [1.82, 2.24) is 15.2 Å². The molecule has 2 amide bonds. The molecule has 1 saturated heterocycles. The maximum Gasteiger partial charge on any atom is 0.353 e. The number of hydrogen-bond donors (Lipinski definition) is 3. The van der Waals surface area contributed by atoms with E-state index in [1.165, 1.54) is 18.6 Å². The van der Waals surface area contributed by atoms with Gasteiger partial charge in [-0.3, -0.25) is 14.5 Å². The zero-order valence-corrected chi connectivity index (χ0v) is 18.6. The van der Waals surface area contributed by atoms with Gasteiger partial charge in [-0.25, -0.2) is 14.6 Å². The lowest BCUT2D eigenvalue weighted by Crippen LogP contribution is -2.73. The molecule has 3 rings (SSSR count). The summed E-state index contributed by atoms with van der Waals surface area (Å²) in [6.07, 6.45) is 2.41. The minimum absolute atomic E-state index is 0.165. The number of carbonyl (C=O) groups is 4. The number of oxime groups is 1. The van der Waals surface area contributed by atoms with Crippen molar-refractivity contribution < 1.29 is 33.9 Å². The van der Waals surface area contributed by atoms with Crippen LogP contribution in [-0.2, 0) is 28.8 Å². The average molecular weight is 482 g/mol. The van der Waals surface area contributed by atoms with Gasteiger partial charge >= 0.3 is 11.9 Å². The molecule has 2 unspecified atom stereocenters. The number of carboxylic acids is 1. The van der Waals surface area contributed by atoms with Gasteiger partial charge in [0, 0.05) is 22.1 Å². The average Bonchev–Trinajstić information content (AvgIpc) is 3.19. The fourth-order valence-electron chi connectivity index (χ4n) is 3.08. The van der Waals surface area contributed by atoms with Crippen molar-refractivity contribution >= 4 is 57.7 Å². The molecule has 170 valence electrons. The summed E-state index contributed by atoms with van der Waals surface area (Å²) in [4.78, 5) is 58.9. The van der Waals surface area contributed by atoms with Crippen LogP contribution in [0.3, 0.4) is 0 Å². The molecule has 32 heavy (non-hydrogen) atoms. The molecule has 12 nitrogen and oxygen atoms in total. The van der Waals surface area contributed by atoms with Crippen molar-refractivity contribution in [3.63, 3.8) is 0 Å². The van der Waals surface area contributed by atoms with Gasteiger partial charge in [0.1, 0.15) is 24.5 Å². The molecule has 1 aromatic rings. The molecule has 0 spiro atoms. The Morgan fingerprint density at radius 3 is 2.81 bits per heavy atom. The Morgan fingerprint density at radius 2 is 2.22 bits per heavy atom. The maximum absolute atomic E-state index is 12.7. The van der Waals surface area contributed by atoms with Gasteiger partial charge in [-0.2, -0.15) is 0 Å². The van der Waals surface area contributed by atoms with Gasteiger partial charge in [0.2, 0.25) is 0 Å². The van der Waals surface area contributed by atoms with E-state index < -0.39 is 35.8 Å². The number of aliphatic carboxylic acids is 1. The first-order valence-corrected chi connectivity index (χ1v) is 11.1. The Bertz CT molecular complexity index is 1050. The minimum Gasteiger partial charge on any atom is -0.477 e. The number of nitrogens with zero attached hydrogens (tertiary/aromatic N) is 3. The van der Waals surface area contributed by atoms with Crippen molar-refractivity contribution in [3.05, 3.63) is 33.8 Å². The highest BCUT2D eigenvalue weighted by atomic mass is 32.2. The van der Waals surface area contributed by atoms with Gasteiger partial charge in [0.25, 0.3) is 11.8 Å². The van der Waals surface area contributed by atoms with E-state index in [2.05, 4.69) is 15.5 Å². The Kier molecular flexibility index (Phi) is 7.15. The molecule has 0 aliphatic carbocycles. The number of fused-ring (bicyclic) bond motifs is 1. The van der Waals surface area contributed by atoms with Gasteiger partial charge in [0.05, 0.1) is 12.6 Å². The van der Waals surface area contributed by atoms with Gasteiger partial charge < -0.3 is 25.7 Å². The SMILES string of the molecule is CCOC(=O)C=CC1=C(C(=O)O)N2C(=O)C(NC(=O)C(=NOC)c3csc(N)n3)C2CS1. The third-order valence-corrected chi connectivity index (χ3v) is 6.24. The normalized spacial score (nSPS) is 20.6. The summed E-state index contributed by atoms with van der Waals surface area (Å²) in [7, 11) is 1.26. The molecule has 0 aromatic carbocycles. The number of nitrogen functional groups attached to an aromatic ring is 1. The molecule has 0 radical (unpaired) electrons. The Labute approximate surface area is 190 Å². The van der Waals surface area contributed by atoms with Crippen LogP contribution in [0.25, 0.3) is 0 Å². The number of β-lactam (4-membered cyclic amide) rings is 1. The van der Waals surface area contributed by atoms with Crippen molar-refractivity contribution in [2.45, 2.75) is 19.0 Å². The molecule has 1 fully saturated rings. The van der Waals surface area contributed by atoms with Gasteiger partial charge in [-0.15, -0.1) is 23.1 Å². The lowest BCUT2D eigenvalue weighted by Gasteiger charge is -2.49. The first-order valence-electron chi connectivity index (χ1n) is 9.20. The van der Waals surface area contributed by atoms with Crippen molar-refractivity contribution in [2.24, 2.45) is 5.16 Å². The molecule has 0 saturated carbocycles. The van der Waals surface area contributed by atoms with Gasteiger partial charge in [-0.05, 0) is 13.0 Å².